The molecule has 0 aromatic carbocycles. The second-order valence-electron chi connectivity index (χ2n) is 5.52. The first-order valence-electron chi connectivity index (χ1n) is 6.94. The lowest BCUT2D eigenvalue weighted by Crippen LogP contribution is -2.89. The van der Waals surface area contributed by atoms with Crippen molar-refractivity contribution >= 4 is 29.5 Å². The highest BCUT2D eigenvalue weighted by Crippen LogP contribution is 2.37. The molecule has 0 unspecified atom stereocenters. The highest BCUT2D eigenvalue weighted by atomic mass is 32.2. The van der Waals surface area contributed by atoms with Gasteiger partial charge >= 0.3 is 0 Å². The Labute approximate surface area is 121 Å². The van der Waals surface area contributed by atoms with Crippen LogP contribution in [0.25, 0.3) is 0 Å². The molecule has 110 valence electrons. The molecule has 0 spiro atoms. The lowest BCUT2D eigenvalue weighted by atomic mass is 10.2. The van der Waals surface area contributed by atoms with Gasteiger partial charge in [-0.3, -0.25) is 14.4 Å². The Bertz CT molecular complexity index is 452. The molecular formula is C12H19N4O3S+. The third kappa shape index (κ3) is 2.26. The van der Waals surface area contributed by atoms with Crippen molar-refractivity contribution in [1.29, 1.82) is 0 Å². The first kappa shape index (κ1) is 13.7. The summed E-state index contributed by atoms with van der Waals surface area (Å²) in [5.41, 5.74) is 5.32. The number of carbonyl (C=O) groups excluding carboxylic acids is 3. The maximum Gasteiger partial charge on any atom is 0.278 e. The zero-order chi connectivity index (χ0) is 14.3. The van der Waals surface area contributed by atoms with E-state index in [4.69, 9.17) is 5.73 Å². The Morgan fingerprint density at radius 2 is 2.25 bits per heavy atom. The van der Waals surface area contributed by atoms with E-state index in [1.165, 1.54) is 0 Å². The molecule has 0 radical (unpaired) electrons. The molecule has 0 bridgehead atoms. The van der Waals surface area contributed by atoms with E-state index >= 15 is 0 Å². The van der Waals surface area contributed by atoms with Crippen LogP contribution in [0, 0.1) is 0 Å². The van der Waals surface area contributed by atoms with Crippen molar-refractivity contribution in [3.63, 3.8) is 0 Å². The highest BCUT2D eigenvalue weighted by Gasteiger charge is 2.50. The van der Waals surface area contributed by atoms with Crippen molar-refractivity contribution in [3.8, 4) is 0 Å². The molecule has 8 heteroatoms. The zero-order valence-corrected chi connectivity index (χ0v) is 11.9. The predicted octanol–water partition coefficient (Wildman–Crippen LogP) is -2.64. The molecule has 3 amide bonds. The minimum atomic E-state index is -0.530. The van der Waals surface area contributed by atoms with E-state index in [0.29, 0.717) is 12.2 Å². The quantitative estimate of drug-likeness (QED) is 0.529. The van der Waals surface area contributed by atoms with E-state index in [1.807, 2.05) is 5.32 Å². The summed E-state index contributed by atoms with van der Waals surface area (Å²) in [6.45, 7) is 0.963. The molecule has 3 aliphatic rings. The number of nitrogens with two attached hydrogens (primary N) is 2. The van der Waals surface area contributed by atoms with Crippen molar-refractivity contribution in [1.82, 2.24) is 10.2 Å². The molecule has 3 fully saturated rings. The zero-order valence-electron chi connectivity index (χ0n) is 11.1. The van der Waals surface area contributed by atoms with Crippen LogP contribution in [0.5, 0.6) is 0 Å². The van der Waals surface area contributed by atoms with Crippen molar-refractivity contribution < 1.29 is 19.7 Å². The van der Waals surface area contributed by atoms with E-state index in [0.717, 1.165) is 19.4 Å². The summed E-state index contributed by atoms with van der Waals surface area (Å²) < 4.78 is 0. The fourth-order valence-corrected chi connectivity index (χ4v) is 4.62. The fraction of sp³-hybridized carbons (Fsp3) is 0.750. The van der Waals surface area contributed by atoms with Crippen LogP contribution in [0.3, 0.4) is 0 Å². The molecule has 3 aliphatic heterocycles. The number of amides is 3. The fourth-order valence-electron chi connectivity index (χ4n) is 3.15. The summed E-state index contributed by atoms with van der Waals surface area (Å²) in [7, 11) is 0. The molecule has 20 heavy (non-hydrogen) atoms. The third-order valence-corrected chi connectivity index (χ3v) is 5.55. The summed E-state index contributed by atoms with van der Waals surface area (Å²) in [6, 6.07) is -1.11. The van der Waals surface area contributed by atoms with Crippen LogP contribution in [0.4, 0.5) is 0 Å². The van der Waals surface area contributed by atoms with Gasteiger partial charge in [-0.05, 0) is 0 Å². The first-order valence-corrected chi connectivity index (χ1v) is 7.99. The van der Waals surface area contributed by atoms with Crippen molar-refractivity contribution in [3.05, 3.63) is 0 Å². The molecule has 3 saturated heterocycles. The van der Waals surface area contributed by atoms with E-state index in [9.17, 15) is 14.4 Å². The predicted molar refractivity (Wildman–Crippen MR) is 72.4 cm³/mol. The Hall–Kier alpha value is -1.28. The van der Waals surface area contributed by atoms with Gasteiger partial charge in [0.05, 0.1) is 11.9 Å². The minimum absolute atomic E-state index is 0.0298. The van der Waals surface area contributed by atoms with Crippen LogP contribution in [0.15, 0.2) is 0 Å². The monoisotopic (exact) mass is 299 g/mol. The number of primary amides is 1. The number of thioether (sulfide) groups is 1. The van der Waals surface area contributed by atoms with Crippen LogP contribution in [-0.2, 0) is 14.4 Å². The van der Waals surface area contributed by atoms with Gasteiger partial charge in [-0.2, -0.15) is 0 Å². The van der Waals surface area contributed by atoms with Gasteiger partial charge < -0.3 is 21.3 Å². The number of hydrogen-bond acceptors (Lipinski definition) is 4. The number of fused-ring (bicyclic) bond motifs is 1. The average Bonchev–Trinajstić information content (AvgIpc) is 3.09. The number of nitrogens with zero attached hydrogens (tertiary/aromatic N) is 1. The summed E-state index contributed by atoms with van der Waals surface area (Å²) in [5.74, 6) is -0.148. The number of hydrogen-bond donors (Lipinski definition) is 3. The van der Waals surface area contributed by atoms with E-state index in [2.05, 4.69) is 5.32 Å². The maximum atomic E-state index is 12.3. The minimum Gasteiger partial charge on any atom is -0.368 e. The summed E-state index contributed by atoms with van der Waals surface area (Å²) >= 11 is 1.56. The Morgan fingerprint density at radius 1 is 1.45 bits per heavy atom. The molecule has 0 aromatic heterocycles. The Kier molecular flexibility index (Phi) is 3.59. The molecule has 0 aliphatic carbocycles. The number of quaternary nitrogens is 1. The normalized spacial score (nSPS) is 36.2. The van der Waals surface area contributed by atoms with Crippen LogP contribution in [0.1, 0.15) is 19.3 Å². The van der Waals surface area contributed by atoms with Crippen LogP contribution >= 0.6 is 11.8 Å². The SMILES string of the molecule is NC(=O)[C@@H]1CS[C@H]2C[C@@H](NC(=O)[C@@H]3CCC[NH2+]3)C(=O)N21. The molecule has 4 atom stereocenters. The van der Waals surface area contributed by atoms with E-state index < -0.39 is 18.0 Å². The van der Waals surface area contributed by atoms with Gasteiger partial charge in [0.1, 0.15) is 12.1 Å². The summed E-state index contributed by atoms with van der Waals surface area (Å²) in [5, 5.41) is 4.81. The Morgan fingerprint density at radius 3 is 2.90 bits per heavy atom. The molecule has 3 heterocycles. The van der Waals surface area contributed by atoms with Crippen LogP contribution < -0.4 is 16.4 Å². The molecule has 3 rings (SSSR count). The van der Waals surface area contributed by atoms with Gasteiger partial charge in [0.25, 0.3) is 5.91 Å². The molecule has 7 nitrogen and oxygen atoms in total. The van der Waals surface area contributed by atoms with Crippen LogP contribution in [-0.4, -0.2) is 58.4 Å². The number of rotatable bonds is 3. The topological polar surface area (TPSA) is 109 Å². The average molecular weight is 299 g/mol. The third-order valence-electron chi connectivity index (χ3n) is 4.23. The van der Waals surface area contributed by atoms with Crippen molar-refractivity contribution in [2.24, 2.45) is 5.73 Å². The molecular weight excluding hydrogens is 280 g/mol. The van der Waals surface area contributed by atoms with Crippen molar-refractivity contribution in [2.45, 2.75) is 42.8 Å². The van der Waals surface area contributed by atoms with Crippen LogP contribution in [0.2, 0.25) is 0 Å². The lowest BCUT2D eigenvalue weighted by Gasteiger charge is -2.21. The van der Waals surface area contributed by atoms with E-state index in [-0.39, 0.29) is 23.2 Å². The maximum absolute atomic E-state index is 12.3. The molecule has 5 N–H and O–H groups in total. The Balaban J connectivity index is 1.64. The van der Waals surface area contributed by atoms with Gasteiger partial charge in [0, 0.05) is 25.0 Å². The van der Waals surface area contributed by atoms with Gasteiger partial charge in [-0.1, -0.05) is 0 Å². The van der Waals surface area contributed by atoms with Gasteiger partial charge in [0.15, 0.2) is 6.04 Å². The van der Waals surface area contributed by atoms with Gasteiger partial charge in [-0.15, -0.1) is 11.8 Å². The number of nitrogens with one attached hydrogen (secondary N) is 1. The first-order chi connectivity index (χ1) is 9.58. The highest BCUT2D eigenvalue weighted by molar-refractivity contribution is 8.00. The molecule has 0 saturated carbocycles. The largest absolute Gasteiger partial charge is 0.368 e. The second-order valence-corrected chi connectivity index (χ2v) is 6.73. The van der Waals surface area contributed by atoms with E-state index in [1.54, 1.807) is 16.7 Å². The summed E-state index contributed by atoms with van der Waals surface area (Å²) in [6.07, 6.45) is 2.45. The van der Waals surface area contributed by atoms with Gasteiger partial charge in [0.2, 0.25) is 11.8 Å². The lowest BCUT2D eigenvalue weighted by molar-refractivity contribution is -0.657. The van der Waals surface area contributed by atoms with Crippen molar-refractivity contribution in [2.75, 3.05) is 12.3 Å². The molecule has 0 aromatic rings. The van der Waals surface area contributed by atoms with Gasteiger partial charge in [-0.25, -0.2) is 0 Å². The number of carbonyl (C=O) groups is 3. The smallest absolute Gasteiger partial charge is 0.278 e. The summed E-state index contributed by atoms with van der Waals surface area (Å²) in [4.78, 5) is 37.3. The standard InChI is InChI=1S/C12H18N4O3S/c13-10(17)8-5-20-9-4-7(12(19)16(8)9)15-11(18)6-2-1-3-14-6/h6-9,14H,1-5H2,(H2,13,17)(H,15,18)/p+1/t6-,7+,8-,9-/m0/s1. The second kappa shape index (κ2) is 5.25.